The van der Waals surface area contributed by atoms with E-state index in [2.05, 4.69) is 27.7 Å². The molecule has 3 atom stereocenters. The number of hydrogen-bond acceptors (Lipinski definition) is 1. The summed E-state index contributed by atoms with van der Waals surface area (Å²) in [6.07, 6.45) is 7.92. The largest absolute Gasteiger partial charge is 0.328 e. The van der Waals surface area contributed by atoms with Crippen molar-refractivity contribution < 1.29 is 0 Å². The summed E-state index contributed by atoms with van der Waals surface area (Å²) in [4.78, 5) is 0. The Hall–Kier alpha value is -0.0400. The van der Waals surface area contributed by atoms with Crippen LogP contribution < -0.4 is 5.73 Å². The maximum atomic E-state index is 5.75. The number of rotatable bonds is 8. The van der Waals surface area contributed by atoms with Crippen LogP contribution in [0, 0.1) is 11.8 Å². The van der Waals surface area contributed by atoms with Crippen molar-refractivity contribution in [2.45, 2.75) is 72.3 Å². The number of hydrogen-bond donors (Lipinski definition) is 1. The number of nitrogens with two attached hydrogens (primary N) is 1. The summed E-state index contributed by atoms with van der Waals surface area (Å²) in [6, 6.07) is 0.383. The Morgan fingerprint density at radius 1 is 1.00 bits per heavy atom. The zero-order valence-electron chi connectivity index (χ0n) is 10.6. The molecule has 86 valence electrons. The molecule has 0 heterocycles. The first-order valence-electron chi connectivity index (χ1n) is 6.37. The van der Waals surface area contributed by atoms with Crippen molar-refractivity contribution in [2.75, 3.05) is 0 Å². The van der Waals surface area contributed by atoms with Crippen LogP contribution in [0.4, 0.5) is 0 Å². The third kappa shape index (κ3) is 6.42. The lowest BCUT2D eigenvalue weighted by Gasteiger charge is -2.22. The van der Waals surface area contributed by atoms with Gasteiger partial charge in [0.05, 0.1) is 0 Å². The summed E-state index contributed by atoms with van der Waals surface area (Å²) in [7, 11) is 0. The molecule has 0 aliphatic rings. The van der Waals surface area contributed by atoms with Crippen LogP contribution in [0.3, 0.4) is 0 Å². The Morgan fingerprint density at radius 2 is 1.64 bits per heavy atom. The van der Waals surface area contributed by atoms with Gasteiger partial charge in [-0.1, -0.05) is 52.9 Å². The molecule has 0 aromatic carbocycles. The van der Waals surface area contributed by atoms with Gasteiger partial charge in [0.25, 0.3) is 0 Å². The van der Waals surface area contributed by atoms with Crippen molar-refractivity contribution in [1.29, 1.82) is 0 Å². The highest BCUT2D eigenvalue weighted by molar-refractivity contribution is 4.66. The zero-order chi connectivity index (χ0) is 11.0. The highest BCUT2D eigenvalue weighted by atomic mass is 14.6. The lowest BCUT2D eigenvalue weighted by atomic mass is 9.84. The normalized spacial score (nSPS) is 17.8. The van der Waals surface area contributed by atoms with Crippen LogP contribution >= 0.6 is 0 Å². The molecule has 0 amide bonds. The van der Waals surface area contributed by atoms with Gasteiger partial charge in [0, 0.05) is 6.04 Å². The molecule has 0 radical (unpaired) electrons. The summed E-state index contributed by atoms with van der Waals surface area (Å²) in [6.45, 7) is 9.12. The van der Waals surface area contributed by atoms with Crippen LogP contribution in [-0.4, -0.2) is 6.04 Å². The van der Waals surface area contributed by atoms with Crippen LogP contribution in [-0.2, 0) is 0 Å². The van der Waals surface area contributed by atoms with Gasteiger partial charge in [0.2, 0.25) is 0 Å². The maximum absolute atomic E-state index is 5.75. The minimum absolute atomic E-state index is 0.383. The molecule has 2 N–H and O–H groups in total. The molecular formula is C13H29N. The van der Waals surface area contributed by atoms with Gasteiger partial charge in [0.1, 0.15) is 0 Å². The van der Waals surface area contributed by atoms with Gasteiger partial charge in [-0.3, -0.25) is 0 Å². The second kappa shape index (κ2) is 8.28. The molecule has 0 aliphatic carbocycles. The van der Waals surface area contributed by atoms with E-state index in [0.717, 1.165) is 11.8 Å². The lowest BCUT2D eigenvalue weighted by molar-refractivity contribution is 0.297. The molecular weight excluding hydrogens is 170 g/mol. The fraction of sp³-hybridized carbons (Fsp3) is 1.00. The predicted molar refractivity (Wildman–Crippen MR) is 65.4 cm³/mol. The van der Waals surface area contributed by atoms with Gasteiger partial charge in [-0.2, -0.15) is 0 Å². The first kappa shape index (κ1) is 14.0. The first-order chi connectivity index (χ1) is 6.61. The third-order valence-electron chi connectivity index (χ3n) is 3.31. The van der Waals surface area contributed by atoms with Gasteiger partial charge in [-0.05, 0) is 25.2 Å². The second-order valence-corrected chi connectivity index (χ2v) is 4.84. The lowest BCUT2D eigenvalue weighted by Crippen LogP contribution is -2.16. The molecule has 0 spiro atoms. The first-order valence-corrected chi connectivity index (χ1v) is 6.37. The quantitative estimate of drug-likeness (QED) is 0.629. The summed E-state index contributed by atoms with van der Waals surface area (Å²) >= 11 is 0. The van der Waals surface area contributed by atoms with Crippen LogP contribution in [0.1, 0.15) is 66.2 Å². The van der Waals surface area contributed by atoms with Crippen LogP contribution in [0.25, 0.3) is 0 Å². The molecule has 0 rings (SSSR count). The van der Waals surface area contributed by atoms with Crippen molar-refractivity contribution in [3.05, 3.63) is 0 Å². The fourth-order valence-corrected chi connectivity index (χ4v) is 2.26. The van der Waals surface area contributed by atoms with Gasteiger partial charge < -0.3 is 5.73 Å². The van der Waals surface area contributed by atoms with E-state index < -0.39 is 0 Å². The smallest absolute Gasteiger partial charge is 0.00104 e. The summed E-state index contributed by atoms with van der Waals surface area (Å²) in [5.74, 6) is 1.83. The Morgan fingerprint density at radius 3 is 2.07 bits per heavy atom. The van der Waals surface area contributed by atoms with E-state index in [4.69, 9.17) is 5.73 Å². The molecule has 0 saturated carbocycles. The van der Waals surface area contributed by atoms with Crippen molar-refractivity contribution in [3.63, 3.8) is 0 Å². The van der Waals surface area contributed by atoms with E-state index in [1.165, 1.54) is 38.5 Å². The van der Waals surface area contributed by atoms with E-state index >= 15 is 0 Å². The minimum atomic E-state index is 0.383. The molecule has 0 bridgehead atoms. The Kier molecular flexibility index (Phi) is 8.26. The molecule has 0 aromatic rings. The van der Waals surface area contributed by atoms with Crippen LogP contribution in [0.2, 0.25) is 0 Å². The van der Waals surface area contributed by atoms with Gasteiger partial charge in [-0.15, -0.1) is 0 Å². The van der Waals surface area contributed by atoms with Crippen molar-refractivity contribution >= 4 is 0 Å². The average molecular weight is 199 g/mol. The van der Waals surface area contributed by atoms with E-state index in [9.17, 15) is 0 Å². The summed E-state index contributed by atoms with van der Waals surface area (Å²) in [5, 5.41) is 0. The van der Waals surface area contributed by atoms with Crippen molar-refractivity contribution in [1.82, 2.24) is 0 Å². The fourth-order valence-electron chi connectivity index (χ4n) is 2.26. The van der Waals surface area contributed by atoms with Gasteiger partial charge >= 0.3 is 0 Å². The SMILES string of the molecule is CCCC(CC)C(C)CCCC(C)N. The second-order valence-electron chi connectivity index (χ2n) is 4.84. The topological polar surface area (TPSA) is 26.0 Å². The van der Waals surface area contributed by atoms with E-state index in [1.807, 2.05) is 0 Å². The Bertz CT molecular complexity index is 120. The average Bonchev–Trinajstić information content (AvgIpc) is 2.13. The highest BCUT2D eigenvalue weighted by Gasteiger charge is 2.13. The third-order valence-corrected chi connectivity index (χ3v) is 3.31. The summed E-state index contributed by atoms with van der Waals surface area (Å²) in [5.41, 5.74) is 5.75. The van der Waals surface area contributed by atoms with Crippen molar-refractivity contribution in [2.24, 2.45) is 17.6 Å². The molecule has 1 heteroatoms. The van der Waals surface area contributed by atoms with Gasteiger partial charge in [0.15, 0.2) is 0 Å². The zero-order valence-corrected chi connectivity index (χ0v) is 10.6. The molecule has 0 aromatic heterocycles. The molecule has 3 unspecified atom stereocenters. The molecule has 0 aliphatic heterocycles. The van der Waals surface area contributed by atoms with Crippen LogP contribution in [0.5, 0.6) is 0 Å². The molecule has 0 saturated heterocycles. The van der Waals surface area contributed by atoms with E-state index in [0.29, 0.717) is 6.04 Å². The molecule has 14 heavy (non-hydrogen) atoms. The predicted octanol–water partition coefficient (Wildman–Crippen LogP) is 3.97. The van der Waals surface area contributed by atoms with Crippen molar-refractivity contribution in [3.8, 4) is 0 Å². The van der Waals surface area contributed by atoms with E-state index in [-0.39, 0.29) is 0 Å². The van der Waals surface area contributed by atoms with Gasteiger partial charge in [-0.25, -0.2) is 0 Å². The molecule has 0 fully saturated rings. The maximum Gasteiger partial charge on any atom is 0.00104 e. The highest BCUT2D eigenvalue weighted by Crippen LogP contribution is 2.25. The monoisotopic (exact) mass is 199 g/mol. The summed E-state index contributed by atoms with van der Waals surface area (Å²) < 4.78 is 0. The molecule has 1 nitrogen and oxygen atoms in total. The standard InChI is InChI=1S/C13H29N/c1-5-8-13(6-2)11(3)9-7-10-12(4)14/h11-13H,5-10,14H2,1-4H3. The van der Waals surface area contributed by atoms with Crippen LogP contribution in [0.15, 0.2) is 0 Å². The minimum Gasteiger partial charge on any atom is -0.328 e. The van der Waals surface area contributed by atoms with E-state index in [1.54, 1.807) is 0 Å². The Balaban J connectivity index is 3.63. The Labute approximate surface area is 90.5 Å².